The van der Waals surface area contributed by atoms with E-state index < -0.39 is 0 Å². The van der Waals surface area contributed by atoms with E-state index >= 15 is 0 Å². The molecule has 0 amide bonds. The third-order valence-electron chi connectivity index (χ3n) is 6.47. The van der Waals surface area contributed by atoms with E-state index in [1.54, 1.807) is 11.1 Å². The largest absolute Gasteiger partial charge is 0.379 e. The fourth-order valence-corrected chi connectivity index (χ4v) is 4.95. The van der Waals surface area contributed by atoms with Crippen LogP contribution in [0.15, 0.2) is 24.3 Å². The van der Waals surface area contributed by atoms with E-state index in [2.05, 4.69) is 41.0 Å². The van der Waals surface area contributed by atoms with Crippen LogP contribution in [0.1, 0.15) is 37.3 Å². The number of hydrogen-bond donors (Lipinski definition) is 0. The van der Waals surface area contributed by atoms with Crippen molar-refractivity contribution in [3.63, 3.8) is 0 Å². The molecule has 0 N–H and O–H groups in total. The van der Waals surface area contributed by atoms with Crippen LogP contribution in [0.3, 0.4) is 0 Å². The topological polar surface area (TPSA) is 15.7 Å². The molecule has 1 aromatic rings. The van der Waals surface area contributed by atoms with Gasteiger partial charge in [-0.3, -0.25) is 4.90 Å². The molecule has 3 heteroatoms. The van der Waals surface area contributed by atoms with E-state index in [0.29, 0.717) is 11.5 Å². The molecule has 126 valence electrons. The van der Waals surface area contributed by atoms with Crippen molar-refractivity contribution < 1.29 is 4.74 Å². The molecule has 3 nitrogen and oxygen atoms in total. The molecule has 2 aliphatic heterocycles. The molecule has 3 aliphatic rings. The molecule has 2 heterocycles. The van der Waals surface area contributed by atoms with Crippen LogP contribution in [-0.4, -0.2) is 61.8 Å². The van der Waals surface area contributed by atoms with E-state index in [1.165, 1.54) is 45.3 Å². The van der Waals surface area contributed by atoms with Crippen molar-refractivity contribution >= 4 is 0 Å². The lowest BCUT2D eigenvalue weighted by Gasteiger charge is -2.42. The molecule has 0 saturated carbocycles. The minimum Gasteiger partial charge on any atom is -0.379 e. The van der Waals surface area contributed by atoms with Gasteiger partial charge in [0, 0.05) is 25.7 Å². The Kier molecular flexibility index (Phi) is 4.44. The van der Waals surface area contributed by atoms with Crippen LogP contribution in [0.2, 0.25) is 0 Å². The van der Waals surface area contributed by atoms with Crippen LogP contribution in [0.5, 0.6) is 0 Å². The number of rotatable bonds is 3. The molecule has 0 bridgehead atoms. The maximum atomic E-state index is 5.48. The van der Waals surface area contributed by atoms with Crippen molar-refractivity contribution in [2.45, 2.75) is 44.1 Å². The number of likely N-dealkylation sites (tertiary alicyclic amines) is 1. The summed E-state index contributed by atoms with van der Waals surface area (Å²) in [5, 5.41) is 0. The van der Waals surface area contributed by atoms with Gasteiger partial charge >= 0.3 is 0 Å². The van der Waals surface area contributed by atoms with Gasteiger partial charge in [0.15, 0.2) is 0 Å². The average Bonchev–Trinajstić information content (AvgIpc) is 2.97. The molecule has 1 aliphatic carbocycles. The van der Waals surface area contributed by atoms with Crippen molar-refractivity contribution in [2.24, 2.45) is 0 Å². The van der Waals surface area contributed by atoms with Gasteiger partial charge in [-0.1, -0.05) is 24.3 Å². The first kappa shape index (κ1) is 15.6. The van der Waals surface area contributed by atoms with Crippen LogP contribution < -0.4 is 0 Å². The fourth-order valence-electron chi connectivity index (χ4n) is 4.95. The third-order valence-corrected chi connectivity index (χ3v) is 6.47. The Bertz CT molecular complexity index is 530. The highest BCUT2D eigenvalue weighted by molar-refractivity contribution is 5.39. The molecule has 0 aromatic heterocycles. The van der Waals surface area contributed by atoms with Crippen LogP contribution in [0.25, 0.3) is 0 Å². The summed E-state index contributed by atoms with van der Waals surface area (Å²) < 4.78 is 5.48. The zero-order valence-electron chi connectivity index (χ0n) is 14.5. The molecule has 23 heavy (non-hydrogen) atoms. The second-order valence-electron chi connectivity index (χ2n) is 7.74. The van der Waals surface area contributed by atoms with Gasteiger partial charge in [-0.25, -0.2) is 0 Å². The normalized spacial score (nSPS) is 26.3. The average molecular weight is 314 g/mol. The maximum Gasteiger partial charge on any atom is 0.0594 e. The molecule has 0 radical (unpaired) electrons. The van der Waals surface area contributed by atoms with Crippen molar-refractivity contribution in [3.8, 4) is 0 Å². The lowest BCUT2D eigenvalue weighted by molar-refractivity contribution is 0.00901. The van der Waals surface area contributed by atoms with E-state index in [4.69, 9.17) is 4.74 Å². The SMILES string of the molecule is C[C@H](CN1CCC2(CCc3ccccc32)CC1)N1CCOCC1. The molecule has 1 spiro atoms. The van der Waals surface area contributed by atoms with Crippen LogP contribution in [-0.2, 0) is 16.6 Å². The second-order valence-corrected chi connectivity index (χ2v) is 7.74. The Morgan fingerprint density at radius 2 is 1.78 bits per heavy atom. The van der Waals surface area contributed by atoms with E-state index in [9.17, 15) is 0 Å². The van der Waals surface area contributed by atoms with Gasteiger partial charge in [-0.15, -0.1) is 0 Å². The Labute approximate surface area is 140 Å². The predicted molar refractivity (Wildman–Crippen MR) is 94.0 cm³/mol. The highest BCUT2D eigenvalue weighted by Crippen LogP contribution is 2.46. The lowest BCUT2D eigenvalue weighted by Crippen LogP contribution is -2.50. The van der Waals surface area contributed by atoms with Crippen LogP contribution in [0, 0.1) is 0 Å². The molecular formula is C20H30N2O. The highest BCUT2D eigenvalue weighted by atomic mass is 16.5. The first-order valence-electron chi connectivity index (χ1n) is 9.39. The quantitative estimate of drug-likeness (QED) is 0.853. The molecule has 1 aromatic carbocycles. The molecular weight excluding hydrogens is 284 g/mol. The minimum absolute atomic E-state index is 0.495. The standard InChI is InChI=1S/C20H30N2O/c1-17(22-12-14-23-15-13-22)16-21-10-8-20(9-11-21)7-6-18-4-2-3-5-19(18)20/h2-5,17H,6-16H2,1H3/t17-/m1/s1. The molecule has 2 fully saturated rings. The summed E-state index contributed by atoms with van der Waals surface area (Å²) in [5.41, 5.74) is 3.78. The Hall–Kier alpha value is -0.900. The first-order chi connectivity index (χ1) is 11.3. The van der Waals surface area contributed by atoms with Gasteiger partial charge in [0.05, 0.1) is 13.2 Å². The van der Waals surface area contributed by atoms with E-state index in [0.717, 1.165) is 26.3 Å². The number of fused-ring (bicyclic) bond motifs is 2. The summed E-state index contributed by atoms with van der Waals surface area (Å²) in [4.78, 5) is 5.30. The summed E-state index contributed by atoms with van der Waals surface area (Å²) in [7, 11) is 0. The van der Waals surface area contributed by atoms with Gasteiger partial charge in [-0.05, 0) is 62.2 Å². The molecule has 2 saturated heterocycles. The number of hydrogen-bond acceptors (Lipinski definition) is 3. The Balaban J connectivity index is 1.35. The Morgan fingerprint density at radius 1 is 1.04 bits per heavy atom. The number of benzene rings is 1. The molecule has 4 rings (SSSR count). The van der Waals surface area contributed by atoms with Gasteiger partial charge in [0.2, 0.25) is 0 Å². The van der Waals surface area contributed by atoms with Gasteiger partial charge in [-0.2, -0.15) is 0 Å². The summed E-state index contributed by atoms with van der Waals surface area (Å²) in [6.45, 7) is 10.2. The summed E-state index contributed by atoms with van der Waals surface area (Å²) in [6.07, 6.45) is 5.36. The van der Waals surface area contributed by atoms with Gasteiger partial charge in [0.25, 0.3) is 0 Å². The van der Waals surface area contributed by atoms with Crippen molar-refractivity contribution in [2.75, 3.05) is 45.9 Å². The van der Waals surface area contributed by atoms with Crippen molar-refractivity contribution in [1.29, 1.82) is 0 Å². The zero-order chi connectivity index (χ0) is 15.7. The lowest BCUT2D eigenvalue weighted by atomic mass is 9.74. The first-order valence-corrected chi connectivity index (χ1v) is 9.39. The Morgan fingerprint density at radius 3 is 2.57 bits per heavy atom. The number of piperidine rings is 1. The summed E-state index contributed by atoms with van der Waals surface area (Å²) in [6, 6.07) is 9.84. The second kappa shape index (κ2) is 6.54. The summed E-state index contributed by atoms with van der Waals surface area (Å²) >= 11 is 0. The van der Waals surface area contributed by atoms with Gasteiger partial charge in [0.1, 0.15) is 0 Å². The highest BCUT2D eigenvalue weighted by Gasteiger charge is 2.41. The smallest absolute Gasteiger partial charge is 0.0594 e. The fraction of sp³-hybridized carbons (Fsp3) is 0.700. The van der Waals surface area contributed by atoms with Crippen molar-refractivity contribution in [3.05, 3.63) is 35.4 Å². The maximum absolute atomic E-state index is 5.48. The number of aryl methyl sites for hydroxylation is 1. The predicted octanol–water partition coefficient (Wildman–Crippen LogP) is 2.69. The van der Waals surface area contributed by atoms with E-state index in [-0.39, 0.29) is 0 Å². The monoisotopic (exact) mass is 314 g/mol. The molecule has 0 unspecified atom stereocenters. The number of ether oxygens (including phenoxy) is 1. The van der Waals surface area contributed by atoms with Crippen LogP contribution in [0.4, 0.5) is 0 Å². The molecule has 1 atom stereocenters. The number of nitrogens with zero attached hydrogens (tertiary/aromatic N) is 2. The zero-order valence-corrected chi connectivity index (χ0v) is 14.5. The summed E-state index contributed by atoms with van der Waals surface area (Å²) in [5.74, 6) is 0. The van der Waals surface area contributed by atoms with Crippen LogP contribution >= 0.6 is 0 Å². The van der Waals surface area contributed by atoms with E-state index in [1.807, 2.05) is 0 Å². The minimum atomic E-state index is 0.495. The van der Waals surface area contributed by atoms with Gasteiger partial charge < -0.3 is 9.64 Å². The third kappa shape index (κ3) is 3.07. The van der Waals surface area contributed by atoms with Crippen molar-refractivity contribution in [1.82, 2.24) is 9.80 Å². The number of morpholine rings is 1.